The molecule has 13 nitrogen and oxygen atoms in total. The van der Waals surface area contributed by atoms with Crippen molar-refractivity contribution in [2.24, 2.45) is 32.2 Å². The van der Waals surface area contributed by atoms with Crippen LogP contribution >= 0.6 is 0 Å². The van der Waals surface area contributed by atoms with Crippen molar-refractivity contribution in [2.75, 3.05) is 19.6 Å². The Balaban J connectivity index is 1.52. The Kier molecular flexibility index (Phi) is 13.6. The van der Waals surface area contributed by atoms with Crippen molar-refractivity contribution in [1.29, 1.82) is 0 Å². The summed E-state index contributed by atoms with van der Waals surface area (Å²) in [5.74, 6) is -27.2. The zero-order chi connectivity index (χ0) is 51.8. The monoisotopic (exact) mass is 1010 g/mol. The van der Waals surface area contributed by atoms with E-state index in [4.69, 9.17) is 17.2 Å². The summed E-state index contributed by atoms with van der Waals surface area (Å²) in [6, 6.07) is 2.17. The summed E-state index contributed by atoms with van der Waals surface area (Å²) in [5, 5.41) is 60.7. The largest absolute Gasteiger partial charge is 0.389 e. The molecule has 0 saturated heterocycles. The fraction of sp³-hybridized carbons (Fsp3) is 0.196. The van der Waals surface area contributed by atoms with Gasteiger partial charge in [0.2, 0.25) is 0 Å². The van der Waals surface area contributed by atoms with E-state index in [0.29, 0.717) is 0 Å². The Morgan fingerprint density at radius 2 is 0.634 bits per heavy atom. The lowest BCUT2D eigenvalue weighted by Crippen LogP contribution is -2.29. The highest BCUT2D eigenvalue weighted by Gasteiger charge is 2.40. The lowest BCUT2D eigenvalue weighted by molar-refractivity contribution is 0.0190. The third-order valence-electron chi connectivity index (χ3n) is 11.8. The highest BCUT2D eigenvalue weighted by Crippen LogP contribution is 2.42. The van der Waals surface area contributed by atoms with Crippen LogP contribution in [0.5, 0.6) is 0 Å². The van der Waals surface area contributed by atoms with E-state index in [1.54, 1.807) is 0 Å². The van der Waals surface area contributed by atoms with Gasteiger partial charge in [-0.3, -0.25) is 0 Å². The summed E-state index contributed by atoms with van der Waals surface area (Å²) in [4.78, 5) is 15.3. The predicted octanol–water partition coefficient (Wildman–Crippen LogP) is 2.92. The molecular weight excluding hydrogens is 975 g/mol. The van der Waals surface area contributed by atoms with E-state index < -0.39 is 210 Å². The standard InChI is InChI=1S/C46H33F12N7O6/c47-32-26(33(48)39(54)29(38(32)53)44(69)20(66)9-59)23-14-3-1-12(62-14)13-2-4-15(63-13)24(27-34(49)40(55)30(41(56)35(27)50)45(70)21(67)10-60)17-6-8-19(65-17)25(18-7-5-16(23)64-18)28-36(51)42(57)31(43(58)37(28)52)46(71)22(68)11-61/h1-8,20-22,44-46,62,66-71H,9-11,59-61H2. The molecule has 8 bridgehead atoms. The second-order valence-corrected chi connectivity index (χ2v) is 15.9. The molecule has 6 atom stereocenters. The van der Waals surface area contributed by atoms with E-state index in [1.165, 1.54) is 0 Å². The van der Waals surface area contributed by atoms with E-state index >= 15 is 52.7 Å². The van der Waals surface area contributed by atoms with Crippen LogP contribution in [0.2, 0.25) is 0 Å². The first-order valence-corrected chi connectivity index (χ1v) is 20.6. The van der Waals surface area contributed by atoms with Crippen LogP contribution in [0.1, 0.15) is 51.7 Å². The number of nitrogens with two attached hydrogens (primary N) is 3. The molecular formula is C46H33F12N7O6. The van der Waals surface area contributed by atoms with E-state index in [1.807, 2.05) is 0 Å². The molecule has 13 N–H and O–H groups in total. The first kappa shape index (κ1) is 50.6. The number of aromatic nitrogens is 1. The number of benzene rings is 3. The molecule has 71 heavy (non-hydrogen) atoms. The second kappa shape index (κ2) is 19.1. The average Bonchev–Trinajstić information content (AvgIpc) is 4.21. The smallest absolute Gasteiger partial charge is 0.170 e. The number of aliphatic hydroxyl groups is 6. The topological polar surface area (TPSA) is 252 Å². The van der Waals surface area contributed by atoms with E-state index in [2.05, 4.69) is 20.0 Å². The fourth-order valence-corrected chi connectivity index (χ4v) is 8.15. The number of fused-ring (bicyclic) bond motifs is 5. The Morgan fingerprint density at radius 3 is 0.958 bits per heavy atom. The van der Waals surface area contributed by atoms with Crippen LogP contribution in [-0.2, 0) is 0 Å². The lowest BCUT2D eigenvalue weighted by atomic mass is 9.93. The Bertz CT molecular complexity index is 3290. The number of halogens is 12. The number of nitrogens with one attached hydrogen (secondary N) is 1. The summed E-state index contributed by atoms with van der Waals surface area (Å²) in [5.41, 5.74) is -1.27. The summed E-state index contributed by atoms with van der Waals surface area (Å²) < 4.78 is 194. The number of aliphatic hydroxyl groups excluding tert-OH is 6. The fourth-order valence-electron chi connectivity index (χ4n) is 8.15. The third kappa shape index (κ3) is 8.07. The van der Waals surface area contributed by atoms with E-state index in [-0.39, 0.29) is 11.0 Å². The highest BCUT2D eigenvalue weighted by molar-refractivity contribution is 6.37. The molecule has 0 aliphatic carbocycles. The number of rotatable bonds is 12. The van der Waals surface area contributed by atoms with Crippen molar-refractivity contribution in [3.8, 4) is 0 Å². The first-order chi connectivity index (χ1) is 33.6. The van der Waals surface area contributed by atoms with Crippen molar-refractivity contribution in [3.63, 3.8) is 0 Å². The number of aromatic amines is 1. The molecule has 25 heteroatoms. The third-order valence-corrected chi connectivity index (χ3v) is 11.8. The van der Waals surface area contributed by atoms with Gasteiger partial charge in [0, 0.05) is 41.7 Å². The quantitative estimate of drug-likeness (QED) is 0.0739. The van der Waals surface area contributed by atoms with Crippen LogP contribution in [0, 0.1) is 69.8 Å². The molecule has 0 radical (unpaired) electrons. The molecule has 8 rings (SSSR count). The number of H-pyrrole nitrogens is 1. The van der Waals surface area contributed by atoms with Gasteiger partial charge in [-0.05, 0) is 48.6 Å². The van der Waals surface area contributed by atoms with Gasteiger partial charge in [-0.25, -0.2) is 67.7 Å². The highest BCUT2D eigenvalue weighted by atomic mass is 19.2. The van der Waals surface area contributed by atoms with Crippen molar-refractivity contribution in [2.45, 2.75) is 36.6 Å². The Morgan fingerprint density at radius 1 is 0.366 bits per heavy atom. The SMILES string of the molecule is NCC(O)C(O)c1c(F)c(F)c(C2=C3C=CC(=N3)C(c3c(F)c(F)c(C(O)C(O)CN)c(F)c3F)=C3C=CC(=N3)C(c3c(F)c(F)c(C(O)C(O)CN)c(F)c3F)=c3ccc([nH]3)=C3C=CC2=N3)c(F)c1F. The summed E-state index contributed by atoms with van der Waals surface area (Å²) in [7, 11) is 0. The molecule has 1 aromatic heterocycles. The average molecular weight is 1010 g/mol. The van der Waals surface area contributed by atoms with Gasteiger partial charge in [-0.15, -0.1) is 0 Å². The van der Waals surface area contributed by atoms with Crippen LogP contribution in [0.25, 0.3) is 22.4 Å². The maximum atomic E-state index is 16.6. The maximum Gasteiger partial charge on any atom is 0.170 e. The van der Waals surface area contributed by atoms with Gasteiger partial charge in [-0.2, -0.15) is 0 Å². The number of allylic oxidation sites excluding steroid dienone is 7. The van der Waals surface area contributed by atoms with Gasteiger partial charge in [0.15, 0.2) is 69.8 Å². The van der Waals surface area contributed by atoms with Crippen LogP contribution < -0.4 is 27.9 Å². The zero-order valence-corrected chi connectivity index (χ0v) is 35.5. The van der Waals surface area contributed by atoms with E-state index in [9.17, 15) is 30.6 Å². The van der Waals surface area contributed by atoms with Gasteiger partial charge in [-0.1, -0.05) is 0 Å². The molecule has 372 valence electrons. The lowest BCUT2D eigenvalue weighted by Gasteiger charge is -2.21. The minimum absolute atomic E-state index is 0.169. The Hall–Kier alpha value is -6.81. The van der Waals surface area contributed by atoms with Crippen LogP contribution in [-0.4, -0.2) is 90.7 Å². The van der Waals surface area contributed by atoms with Crippen molar-refractivity contribution in [1.82, 2.24) is 4.98 Å². The van der Waals surface area contributed by atoms with Crippen molar-refractivity contribution in [3.05, 3.63) is 174 Å². The molecule has 0 amide bonds. The van der Waals surface area contributed by atoms with Gasteiger partial charge < -0.3 is 52.8 Å². The van der Waals surface area contributed by atoms with Gasteiger partial charge >= 0.3 is 0 Å². The molecule has 0 fully saturated rings. The zero-order valence-electron chi connectivity index (χ0n) is 35.5. The molecule has 5 heterocycles. The Labute approximate surface area is 389 Å². The summed E-state index contributed by atoms with van der Waals surface area (Å²) >= 11 is 0. The number of hydrogen-bond donors (Lipinski definition) is 10. The maximum absolute atomic E-state index is 16.6. The minimum Gasteiger partial charge on any atom is -0.389 e. The number of aliphatic imine (C=N–C) groups is 3. The number of hydrogen-bond acceptors (Lipinski definition) is 12. The number of nitrogens with zero attached hydrogens (tertiary/aromatic N) is 3. The van der Waals surface area contributed by atoms with Crippen molar-refractivity contribution >= 4 is 39.6 Å². The molecule has 4 aromatic rings. The van der Waals surface area contributed by atoms with Crippen LogP contribution in [0.15, 0.2) is 75.0 Å². The summed E-state index contributed by atoms with van der Waals surface area (Å²) in [6.45, 7) is -2.57. The molecule has 4 aliphatic heterocycles. The normalized spacial score (nSPS) is 18.0. The summed E-state index contributed by atoms with van der Waals surface area (Å²) in [6.07, 6.45) is -9.12. The second-order valence-electron chi connectivity index (χ2n) is 15.9. The van der Waals surface area contributed by atoms with E-state index in [0.717, 1.165) is 48.6 Å². The first-order valence-electron chi connectivity index (χ1n) is 20.6. The molecule has 6 unspecified atom stereocenters. The van der Waals surface area contributed by atoms with Crippen LogP contribution in [0.3, 0.4) is 0 Å². The minimum atomic E-state index is -2.70. The molecule has 3 aromatic carbocycles. The predicted molar refractivity (Wildman–Crippen MR) is 228 cm³/mol. The van der Waals surface area contributed by atoms with Gasteiger partial charge in [0.05, 0.1) is 91.3 Å². The molecule has 4 aliphatic rings. The van der Waals surface area contributed by atoms with Gasteiger partial charge in [0.1, 0.15) is 18.3 Å². The van der Waals surface area contributed by atoms with Crippen LogP contribution in [0.4, 0.5) is 52.7 Å². The van der Waals surface area contributed by atoms with Gasteiger partial charge in [0.25, 0.3) is 0 Å². The molecule has 0 saturated carbocycles. The molecule has 0 spiro atoms. The van der Waals surface area contributed by atoms with Crippen molar-refractivity contribution < 1.29 is 83.3 Å².